The molecule has 0 unspecified atom stereocenters. The molecule has 1 aromatic heterocycles. The minimum absolute atomic E-state index is 0. The lowest BCUT2D eigenvalue weighted by Gasteiger charge is -2.19. The number of nitrogens with zero attached hydrogens (tertiary/aromatic N) is 2. The van der Waals surface area contributed by atoms with Crippen LogP contribution in [0.4, 0.5) is 0 Å². The number of nitrogens with two attached hydrogens (primary N) is 1. The molecule has 3 N–H and O–H groups in total. The second-order valence-corrected chi connectivity index (χ2v) is 6.40. The topological polar surface area (TPSA) is 99.1 Å². The van der Waals surface area contributed by atoms with Gasteiger partial charge < -0.3 is 11.1 Å². The normalized spacial score (nSPS) is 10.8. The molecular weight excluding hydrogens is 344 g/mol. The van der Waals surface area contributed by atoms with Crippen LogP contribution < -0.4 is 22.3 Å². The van der Waals surface area contributed by atoms with Crippen LogP contribution in [0.2, 0.25) is 0 Å². The largest absolute Gasteiger partial charge is 0.353 e. The van der Waals surface area contributed by atoms with Gasteiger partial charge in [-0.2, -0.15) is 0 Å². The average Bonchev–Trinajstić information content (AvgIpc) is 2.52. The Labute approximate surface area is 151 Å². The fraction of sp³-hybridized carbons (Fsp3) is 0.353. The highest BCUT2D eigenvalue weighted by Crippen LogP contribution is 1.99. The van der Waals surface area contributed by atoms with Crippen LogP contribution in [-0.2, 0) is 17.9 Å². The van der Waals surface area contributed by atoms with E-state index in [9.17, 15) is 14.4 Å². The first kappa shape index (κ1) is 20.7. The van der Waals surface area contributed by atoms with Crippen LogP contribution in [0.1, 0.15) is 19.4 Å². The van der Waals surface area contributed by atoms with Crippen molar-refractivity contribution in [2.75, 3.05) is 6.54 Å². The summed E-state index contributed by atoms with van der Waals surface area (Å²) in [5.74, 6) is -0.426. The first-order valence-corrected chi connectivity index (χ1v) is 7.66. The summed E-state index contributed by atoms with van der Waals surface area (Å²) in [7, 11) is 0. The number of hydrogen-bond donors (Lipinski definition) is 2. The van der Waals surface area contributed by atoms with Crippen LogP contribution in [-0.4, -0.2) is 27.1 Å². The van der Waals surface area contributed by atoms with Gasteiger partial charge in [0.1, 0.15) is 6.54 Å². The molecule has 0 aliphatic heterocycles. The zero-order valence-corrected chi connectivity index (χ0v) is 15.1. The fourth-order valence-electron chi connectivity index (χ4n) is 2.13. The molecule has 0 saturated carbocycles. The summed E-state index contributed by atoms with van der Waals surface area (Å²) in [5, 5.41) is 2.62. The predicted molar refractivity (Wildman–Crippen MR) is 99.0 cm³/mol. The maximum atomic E-state index is 12.5. The molecule has 0 aliphatic carbocycles. The second kappa shape index (κ2) is 8.64. The third-order valence-corrected chi connectivity index (χ3v) is 3.38. The first-order chi connectivity index (χ1) is 11.3. The van der Waals surface area contributed by atoms with Gasteiger partial charge in [-0.25, -0.2) is 4.79 Å². The summed E-state index contributed by atoms with van der Waals surface area (Å²) in [4.78, 5) is 36.3. The van der Waals surface area contributed by atoms with Gasteiger partial charge in [-0.3, -0.25) is 18.7 Å². The minimum atomic E-state index is -0.565. The highest BCUT2D eigenvalue weighted by atomic mass is 35.5. The summed E-state index contributed by atoms with van der Waals surface area (Å²) >= 11 is 0. The van der Waals surface area contributed by atoms with Crippen molar-refractivity contribution in [1.29, 1.82) is 0 Å². The minimum Gasteiger partial charge on any atom is -0.353 e. The molecule has 2 aromatic rings. The van der Waals surface area contributed by atoms with E-state index in [0.29, 0.717) is 6.54 Å². The molecule has 0 radical (unpaired) electrons. The Morgan fingerprint density at radius 2 is 1.80 bits per heavy atom. The molecule has 0 fully saturated rings. The molecule has 0 bridgehead atoms. The molecule has 1 aromatic carbocycles. The molecule has 0 saturated heterocycles. The van der Waals surface area contributed by atoms with Gasteiger partial charge in [0, 0.05) is 24.3 Å². The number of aromatic nitrogens is 2. The van der Waals surface area contributed by atoms with Gasteiger partial charge in [0.05, 0.1) is 6.54 Å². The maximum Gasteiger partial charge on any atom is 0.331 e. The van der Waals surface area contributed by atoms with Crippen LogP contribution in [0.5, 0.6) is 0 Å². The lowest BCUT2D eigenvalue weighted by molar-refractivity contribution is -0.122. The maximum absolute atomic E-state index is 12.5. The van der Waals surface area contributed by atoms with Gasteiger partial charge >= 0.3 is 5.69 Å². The zero-order chi connectivity index (χ0) is 17.7. The highest BCUT2D eigenvalue weighted by molar-refractivity contribution is 5.85. The van der Waals surface area contributed by atoms with Crippen molar-refractivity contribution in [2.45, 2.75) is 32.5 Å². The number of carbonyl (C=O) groups excluding carboxylic acids is 1. The number of carbonyl (C=O) groups is 1. The lowest BCUT2D eigenvalue weighted by Crippen LogP contribution is -2.48. The first-order valence-electron chi connectivity index (χ1n) is 7.66. The van der Waals surface area contributed by atoms with Gasteiger partial charge in [0.2, 0.25) is 5.91 Å². The fourth-order valence-corrected chi connectivity index (χ4v) is 2.13. The Morgan fingerprint density at radius 1 is 1.16 bits per heavy atom. The Morgan fingerprint density at radius 3 is 2.40 bits per heavy atom. The molecule has 1 amide bonds. The van der Waals surface area contributed by atoms with Crippen molar-refractivity contribution in [2.24, 2.45) is 5.73 Å². The van der Waals surface area contributed by atoms with E-state index in [1.807, 2.05) is 30.3 Å². The highest BCUT2D eigenvalue weighted by Gasteiger charge is 2.14. The van der Waals surface area contributed by atoms with Crippen LogP contribution >= 0.6 is 12.4 Å². The molecule has 0 spiro atoms. The van der Waals surface area contributed by atoms with E-state index in [1.54, 1.807) is 13.8 Å². The Bertz CT molecular complexity index is 822. The number of nitrogens with one attached hydrogen (secondary N) is 1. The Kier molecular flexibility index (Phi) is 7.14. The predicted octanol–water partition coefficient (Wildman–Crippen LogP) is 0.334. The quantitative estimate of drug-likeness (QED) is 0.769. The number of halogens is 1. The smallest absolute Gasteiger partial charge is 0.331 e. The molecular formula is C17H23ClN4O3. The lowest BCUT2D eigenvalue weighted by atomic mass is 10.1. The van der Waals surface area contributed by atoms with Crippen molar-refractivity contribution in [3.63, 3.8) is 0 Å². The van der Waals surface area contributed by atoms with Gasteiger partial charge in [0.25, 0.3) is 5.56 Å². The standard InChI is InChI=1S/C17H22N4O3.ClH/c1-17(2,18)12-19-14(22)11-21-15(23)8-9-20(16(21)24)10-13-6-4-3-5-7-13;/h3-9H,10-12,18H2,1-2H3,(H,19,22);1H. The summed E-state index contributed by atoms with van der Waals surface area (Å²) in [6, 6.07) is 10.7. The molecule has 25 heavy (non-hydrogen) atoms. The van der Waals surface area contributed by atoms with Gasteiger partial charge in [-0.1, -0.05) is 30.3 Å². The van der Waals surface area contributed by atoms with Crippen LogP contribution in [0.3, 0.4) is 0 Å². The second-order valence-electron chi connectivity index (χ2n) is 6.40. The summed E-state index contributed by atoms with van der Waals surface area (Å²) < 4.78 is 2.32. The van der Waals surface area contributed by atoms with Gasteiger partial charge in [-0.15, -0.1) is 12.4 Å². The van der Waals surface area contributed by atoms with E-state index in [-0.39, 0.29) is 25.5 Å². The molecule has 0 atom stereocenters. The van der Waals surface area contributed by atoms with Crippen LogP contribution in [0.25, 0.3) is 0 Å². The van der Waals surface area contributed by atoms with Crippen molar-refractivity contribution in [3.05, 3.63) is 69.0 Å². The molecule has 136 valence electrons. The third kappa shape index (κ3) is 6.21. The van der Waals surface area contributed by atoms with E-state index in [0.717, 1.165) is 10.1 Å². The molecule has 1 heterocycles. The monoisotopic (exact) mass is 366 g/mol. The SMILES string of the molecule is CC(C)(N)CNC(=O)Cn1c(=O)ccn(Cc2ccccc2)c1=O.Cl. The van der Waals surface area contributed by atoms with Crippen molar-refractivity contribution in [1.82, 2.24) is 14.5 Å². The number of rotatable bonds is 6. The summed E-state index contributed by atoms with van der Waals surface area (Å²) in [6.07, 6.45) is 1.44. The van der Waals surface area contributed by atoms with E-state index in [2.05, 4.69) is 5.32 Å². The summed E-state index contributed by atoms with van der Waals surface area (Å²) in [6.45, 7) is 3.80. The number of hydrogen-bond acceptors (Lipinski definition) is 4. The summed E-state index contributed by atoms with van der Waals surface area (Å²) in [5.41, 5.74) is 5.14. The van der Waals surface area contributed by atoms with Crippen molar-refractivity contribution >= 4 is 18.3 Å². The van der Waals surface area contributed by atoms with E-state index in [1.165, 1.54) is 16.8 Å². The third-order valence-electron chi connectivity index (χ3n) is 3.38. The number of amides is 1. The molecule has 0 aliphatic rings. The van der Waals surface area contributed by atoms with Crippen molar-refractivity contribution < 1.29 is 4.79 Å². The van der Waals surface area contributed by atoms with Crippen LogP contribution in [0.15, 0.2) is 52.2 Å². The van der Waals surface area contributed by atoms with Gasteiger partial charge in [-0.05, 0) is 19.4 Å². The molecule has 8 heteroatoms. The van der Waals surface area contributed by atoms with E-state index >= 15 is 0 Å². The van der Waals surface area contributed by atoms with Gasteiger partial charge in [0.15, 0.2) is 0 Å². The van der Waals surface area contributed by atoms with Crippen LogP contribution in [0, 0.1) is 0 Å². The molecule has 2 rings (SSSR count). The Hall–Kier alpha value is -2.38. The Balaban J connectivity index is 0.00000312. The molecule has 7 nitrogen and oxygen atoms in total. The number of benzene rings is 1. The van der Waals surface area contributed by atoms with Crippen molar-refractivity contribution in [3.8, 4) is 0 Å². The average molecular weight is 367 g/mol. The zero-order valence-electron chi connectivity index (χ0n) is 14.3. The van der Waals surface area contributed by atoms with E-state index < -0.39 is 22.7 Å². The van der Waals surface area contributed by atoms with E-state index in [4.69, 9.17) is 5.73 Å².